The van der Waals surface area contributed by atoms with Crippen molar-refractivity contribution in [3.63, 3.8) is 0 Å². The van der Waals surface area contributed by atoms with Gasteiger partial charge in [0.05, 0.1) is 23.1 Å². The van der Waals surface area contributed by atoms with Gasteiger partial charge in [0.15, 0.2) is 0 Å². The van der Waals surface area contributed by atoms with E-state index in [0.717, 1.165) is 18.7 Å². The first-order valence-electron chi connectivity index (χ1n) is 5.89. The number of nitrogens with two attached hydrogens (primary N) is 1. The second kappa shape index (κ2) is 5.66. The molecule has 94 valence electrons. The number of nitrogen functional groups attached to an aromatic ring is 1. The SMILES string of the molecule is Cc1ncc(N)cc1C(=O)N(C)CCC(C)C. The number of aryl methyl sites for hydroxylation is 1. The molecule has 0 unspecified atom stereocenters. The summed E-state index contributed by atoms with van der Waals surface area (Å²) < 4.78 is 0. The minimum Gasteiger partial charge on any atom is -0.397 e. The number of aromatic nitrogens is 1. The number of hydrogen-bond acceptors (Lipinski definition) is 3. The zero-order valence-corrected chi connectivity index (χ0v) is 11.0. The van der Waals surface area contributed by atoms with E-state index in [1.165, 1.54) is 0 Å². The Morgan fingerprint density at radius 2 is 2.18 bits per heavy atom. The number of hydrogen-bond donors (Lipinski definition) is 1. The minimum atomic E-state index is -0.0112. The summed E-state index contributed by atoms with van der Waals surface area (Å²) in [6, 6.07) is 1.69. The second-order valence-electron chi connectivity index (χ2n) is 4.81. The molecular weight excluding hydrogens is 214 g/mol. The van der Waals surface area contributed by atoms with Crippen LogP contribution in [-0.4, -0.2) is 29.4 Å². The maximum absolute atomic E-state index is 12.2. The maximum atomic E-state index is 12.2. The molecule has 0 aliphatic rings. The van der Waals surface area contributed by atoms with E-state index >= 15 is 0 Å². The summed E-state index contributed by atoms with van der Waals surface area (Å²) in [5.41, 5.74) is 7.50. The summed E-state index contributed by atoms with van der Waals surface area (Å²) in [7, 11) is 1.81. The summed E-state index contributed by atoms with van der Waals surface area (Å²) in [6.45, 7) is 6.87. The fraction of sp³-hybridized carbons (Fsp3) is 0.538. The third-order valence-corrected chi connectivity index (χ3v) is 2.73. The molecule has 17 heavy (non-hydrogen) atoms. The molecular formula is C13H21N3O. The fourth-order valence-electron chi connectivity index (χ4n) is 1.52. The van der Waals surface area contributed by atoms with Crippen LogP contribution in [0.1, 0.15) is 36.3 Å². The Kier molecular flexibility index (Phi) is 4.49. The summed E-state index contributed by atoms with van der Waals surface area (Å²) in [6.07, 6.45) is 2.57. The van der Waals surface area contributed by atoms with Crippen molar-refractivity contribution in [2.75, 3.05) is 19.3 Å². The quantitative estimate of drug-likeness (QED) is 0.869. The number of carbonyl (C=O) groups is 1. The molecule has 0 saturated carbocycles. The van der Waals surface area contributed by atoms with E-state index in [1.807, 2.05) is 14.0 Å². The van der Waals surface area contributed by atoms with Crippen LogP contribution in [-0.2, 0) is 0 Å². The number of pyridine rings is 1. The van der Waals surface area contributed by atoms with E-state index in [2.05, 4.69) is 18.8 Å². The van der Waals surface area contributed by atoms with Crippen LogP contribution in [0, 0.1) is 12.8 Å². The highest BCUT2D eigenvalue weighted by Gasteiger charge is 2.15. The van der Waals surface area contributed by atoms with Crippen molar-refractivity contribution < 1.29 is 4.79 Å². The van der Waals surface area contributed by atoms with Gasteiger partial charge in [-0.2, -0.15) is 0 Å². The van der Waals surface area contributed by atoms with Gasteiger partial charge in [-0.1, -0.05) is 13.8 Å². The first-order chi connectivity index (χ1) is 7.91. The number of nitrogens with zero attached hydrogens (tertiary/aromatic N) is 2. The number of carbonyl (C=O) groups excluding carboxylic acids is 1. The van der Waals surface area contributed by atoms with E-state index in [1.54, 1.807) is 17.2 Å². The zero-order chi connectivity index (χ0) is 13.0. The van der Waals surface area contributed by atoms with Crippen LogP contribution >= 0.6 is 0 Å². The molecule has 1 aromatic rings. The van der Waals surface area contributed by atoms with Crippen molar-refractivity contribution >= 4 is 11.6 Å². The molecule has 1 heterocycles. The van der Waals surface area contributed by atoms with Gasteiger partial charge in [-0.05, 0) is 25.3 Å². The number of rotatable bonds is 4. The standard InChI is InChI=1S/C13H21N3O/c1-9(2)5-6-16(4)13(17)12-7-11(14)8-15-10(12)3/h7-9H,5-6,14H2,1-4H3. The van der Waals surface area contributed by atoms with Gasteiger partial charge in [-0.15, -0.1) is 0 Å². The molecule has 1 amide bonds. The molecule has 0 aliphatic carbocycles. The highest BCUT2D eigenvalue weighted by molar-refractivity contribution is 5.95. The van der Waals surface area contributed by atoms with E-state index in [-0.39, 0.29) is 5.91 Å². The summed E-state index contributed by atoms with van der Waals surface area (Å²) >= 11 is 0. The van der Waals surface area contributed by atoms with Crippen molar-refractivity contribution in [2.45, 2.75) is 27.2 Å². The molecule has 0 saturated heterocycles. The van der Waals surface area contributed by atoms with Gasteiger partial charge in [0.25, 0.3) is 5.91 Å². The molecule has 0 fully saturated rings. The van der Waals surface area contributed by atoms with Crippen LogP contribution in [0.2, 0.25) is 0 Å². The zero-order valence-electron chi connectivity index (χ0n) is 11.0. The Labute approximate surface area is 103 Å². The normalized spacial score (nSPS) is 10.6. The lowest BCUT2D eigenvalue weighted by molar-refractivity contribution is 0.0788. The van der Waals surface area contributed by atoms with E-state index in [0.29, 0.717) is 17.2 Å². The van der Waals surface area contributed by atoms with E-state index in [4.69, 9.17) is 5.73 Å². The van der Waals surface area contributed by atoms with Gasteiger partial charge in [0, 0.05) is 13.6 Å². The average Bonchev–Trinajstić information content (AvgIpc) is 2.28. The lowest BCUT2D eigenvalue weighted by Gasteiger charge is -2.19. The van der Waals surface area contributed by atoms with Crippen molar-refractivity contribution in [3.05, 3.63) is 23.5 Å². The van der Waals surface area contributed by atoms with E-state index < -0.39 is 0 Å². The molecule has 1 rings (SSSR count). The molecule has 0 atom stereocenters. The second-order valence-corrected chi connectivity index (χ2v) is 4.81. The molecule has 0 aromatic carbocycles. The highest BCUT2D eigenvalue weighted by atomic mass is 16.2. The topological polar surface area (TPSA) is 59.2 Å². The molecule has 0 radical (unpaired) electrons. The minimum absolute atomic E-state index is 0.0112. The maximum Gasteiger partial charge on any atom is 0.255 e. The number of anilines is 1. The largest absolute Gasteiger partial charge is 0.397 e. The van der Waals surface area contributed by atoms with Crippen LogP contribution in [0.25, 0.3) is 0 Å². The van der Waals surface area contributed by atoms with Crippen molar-refractivity contribution in [3.8, 4) is 0 Å². The predicted molar refractivity (Wildman–Crippen MR) is 69.8 cm³/mol. The van der Waals surface area contributed by atoms with Crippen LogP contribution in [0.5, 0.6) is 0 Å². The first kappa shape index (κ1) is 13.5. The van der Waals surface area contributed by atoms with Gasteiger partial charge < -0.3 is 10.6 Å². The Bertz CT molecular complexity index is 402. The Hall–Kier alpha value is -1.58. The van der Waals surface area contributed by atoms with Crippen LogP contribution < -0.4 is 5.73 Å². The van der Waals surface area contributed by atoms with Gasteiger partial charge >= 0.3 is 0 Å². The Morgan fingerprint density at radius 3 is 2.76 bits per heavy atom. The molecule has 0 spiro atoms. The van der Waals surface area contributed by atoms with Crippen LogP contribution in [0.3, 0.4) is 0 Å². The Balaban J connectivity index is 2.78. The van der Waals surface area contributed by atoms with Crippen molar-refractivity contribution in [1.82, 2.24) is 9.88 Å². The number of amides is 1. The van der Waals surface area contributed by atoms with Gasteiger partial charge in [-0.25, -0.2) is 0 Å². The smallest absolute Gasteiger partial charge is 0.255 e. The van der Waals surface area contributed by atoms with Crippen LogP contribution in [0.15, 0.2) is 12.3 Å². The highest BCUT2D eigenvalue weighted by Crippen LogP contribution is 2.12. The molecule has 1 aromatic heterocycles. The lowest BCUT2D eigenvalue weighted by atomic mass is 10.1. The van der Waals surface area contributed by atoms with Crippen molar-refractivity contribution in [1.29, 1.82) is 0 Å². The van der Waals surface area contributed by atoms with Crippen molar-refractivity contribution in [2.24, 2.45) is 5.92 Å². The van der Waals surface area contributed by atoms with E-state index in [9.17, 15) is 4.79 Å². The fourth-order valence-corrected chi connectivity index (χ4v) is 1.52. The monoisotopic (exact) mass is 235 g/mol. The van der Waals surface area contributed by atoms with Gasteiger partial charge in [-0.3, -0.25) is 9.78 Å². The summed E-state index contributed by atoms with van der Waals surface area (Å²) in [5.74, 6) is 0.577. The average molecular weight is 235 g/mol. The third-order valence-electron chi connectivity index (χ3n) is 2.73. The molecule has 2 N–H and O–H groups in total. The van der Waals surface area contributed by atoms with Gasteiger partial charge in [0.1, 0.15) is 0 Å². The molecule has 0 bridgehead atoms. The van der Waals surface area contributed by atoms with Crippen LogP contribution in [0.4, 0.5) is 5.69 Å². The first-order valence-corrected chi connectivity index (χ1v) is 5.89. The predicted octanol–water partition coefficient (Wildman–Crippen LogP) is 2.09. The summed E-state index contributed by atoms with van der Waals surface area (Å²) in [4.78, 5) is 18.0. The Morgan fingerprint density at radius 1 is 1.53 bits per heavy atom. The molecule has 4 heteroatoms. The lowest BCUT2D eigenvalue weighted by Crippen LogP contribution is -2.29. The third kappa shape index (κ3) is 3.73. The van der Waals surface area contributed by atoms with Gasteiger partial charge in [0.2, 0.25) is 0 Å². The molecule has 4 nitrogen and oxygen atoms in total. The summed E-state index contributed by atoms with van der Waals surface area (Å²) in [5, 5.41) is 0. The molecule has 0 aliphatic heterocycles.